The summed E-state index contributed by atoms with van der Waals surface area (Å²) in [5, 5.41) is 9.40. The molecule has 1 saturated carbocycles. The van der Waals surface area contributed by atoms with E-state index < -0.39 is 0 Å². The predicted molar refractivity (Wildman–Crippen MR) is 52.0 cm³/mol. The first-order valence-corrected chi connectivity index (χ1v) is 5.29. The molecule has 72 valence electrons. The first kappa shape index (κ1) is 10.0. The molecule has 1 N–H and O–H groups in total. The fourth-order valence-corrected chi connectivity index (χ4v) is 2.29. The van der Waals surface area contributed by atoms with Crippen molar-refractivity contribution in [2.45, 2.75) is 52.6 Å². The van der Waals surface area contributed by atoms with E-state index in [1.54, 1.807) is 0 Å². The molecular weight excluding hydrogens is 148 g/mol. The SMILES string of the molecule is CC(C)C1CCC(C(C)O)CC1. The molecule has 1 fully saturated rings. The van der Waals surface area contributed by atoms with Gasteiger partial charge in [-0.15, -0.1) is 0 Å². The van der Waals surface area contributed by atoms with Gasteiger partial charge in [-0.1, -0.05) is 13.8 Å². The molecule has 1 heteroatoms. The molecule has 1 aliphatic rings. The van der Waals surface area contributed by atoms with Crippen LogP contribution in [0, 0.1) is 17.8 Å². The molecule has 0 radical (unpaired) electrons. The highest BCUT2D eigenvalue weighted by atomic mass is 16.3. The van der Waals surface area contributed by atoms with Gasteiger partial charge in [0, 0.05) is 0 Å². The van der Waals surface area contributed by atoms with Gasteiger partial charge in [-0.2, -0.15) is 0 Å². The van der Waals surface area contributed by atoms with Gasteiger partial charge in [0.2, 0.25) is 0 Å². The number of hydrogen-bond acceptors (Lipinski definition) is 1. The standard InChI is InChI=1S/C11H22O/c1-8(2)10-4-6-11(7-5-10)9(3)12/h8-12H,4-7H2,1-3H3. The molecule has 1 nitrogen and oxygen atoms in total. The zero-order valence-electron chi connectivity index (χ0n) is 8.59. The summed E-state index contributed by atoms with van der Waals surface area (Å²) >= 11 is 0. The summed E-state index contributed by atoms with van der Waals surface area (Å²) in [6, 6.07) is 0. The van der Waals surface area contributed by atoms with Crippen LogP contribution in [0.15, 0.2) is 0 Å². The number of aliphatic hydroxyl groups excluding tert-OH is 1. The smallest absolute Gasteiger partial charge is 0.0540 e. The third-order valence-corrected chi connectivity index (χ3v) is 3.44. The van der Waals surface area contributed by atoms with Gasteiger partial charge in [0.1, 0.15) is 0 Å². The summed E-state index contributed by atoms with van der Waals surface area (Å²) in [5.41, 5.74) is 0. The van der Waals surface area contributed by atoms with E-state index in [1.165, 1.54) is 25.7 Å². The van der Waals surface area contributed by atoms with Crippen LogP contribution in [0.4, 0.5) is 0 Å². The van der Waals surface area contributed by atoms with E-state index in [0.717, 1.165) is 11.8 Å². The van der Waals surface area contributed by atoms with E-state index in [9.17, 15) is 5.11 Å². The topological polar surface area (TPSA) is 20.2 Å². The fraction of sp³-hybridized carbons (Fsp3) is 1.00. The molecule has 0 saturated heterocycles. The first-order valence-electron chi connectivity index (χ1n) is 5.29. The molecule has 1 atom stereocenters. The predicted octanol–water partition coefficient (Wildman–Crippen LogP) is 2.83. The van der Waals surface area contributed by atoms with Gasteiger partial charge in [-0.25, -0.2) is 0 Å². The molecule has 1 rings (SSSR count). The van der Waals surface area contributed by atoms with Gasteiger partial charge >= 0.3 is 0 Å². The Balaban J connectivity index is 2.30. The molecule has 12 heavy (non-hydrogen) atoms. The van der Waals surface area contributed by atoms with Gasteiger partial charge in [0.15, 0.2) is 0 Å². The van der Waals surface area contributed by atoms with Crippen LogP contribution in [0.5, 0.6) is 0 Å². The Hall–Kier alpha value is -0.0400. The van der Waals surface area contributed by atoms with E-state index >= 15 is 0 Å². The Morgan fingerprint density at radius 2 is 1.33 bits per heavy atom. The summed E-state index contributed by atoms with van der Waals surface area (Å²) in [5.74, 6) is 2.33. The molecule has 1 aliphatic carbocycles. The van der Waals surface area contributed by atoms with Crippen LogP contribution in [0.3, 0.4) is 0 Å². The molecule has 0 amide bonds. The number of aliphatic hydroxyl groups is 1. The second-order valence-electron chi connectivity index (χ2n) is 4.66. The van der Waals surface area contributed by atoms with E-state index in [0.29, 0.717) is 5.92 Å². The lowest BCUT2D eigenvalue weighted by atomic mass is 9.75. The minimum Gasteiger partial charge on any atom is -0.393 e. The van der Waals surface area contributed by atoms with E-state index in [1.807, 2.05) is 6.92 Å². The van der Waals surface area contributed by atoms with Crippen molar-refractivity contribution in [1.29, 1.82) is 0 Å². The van der Waals surface area contributed by atoms with Crippen LogP contribution >= 0.6 is 0 Å². The van der Waals surface area contributed by atoms with Gasteiger partial charge < -0.3 is 5.11 Å². The average Bonchev–Trinajstić information content (AvgIpc) is 2.04. The highest BCUT2D eigenvalue weighted by Gasteiger charge is 2.25. The summed E-state index contributed by atoms with van der Waals surface area (Å²) in [6.07, 6.45) is 5.04. The highest BCUT2D eigenvalue weighted by molar-refractivity contribution is 4.76. The van der Waals surface area contributed by atoms with Crippen molar-refractivity contribution < 1.29 is 5.11 Å². The Morgan fingerprint density at radius 3 is 1.67 bits per heavy atom. The van der Waals surface area contributed by atoms with Crippen molar-refractivity contribution in [2.75, 3.05) is 0 Å². The summed E-state index contributed by atoms with van der Waals surface area (Å²) in [4.78, 5) is 0. The van der Waals surface area contributed by atoms with Crippen LogP contribution in [0.2, 0.25) is 0 Å². The summed E-state index contributed by atoms with van der Waals surface area (Å²) in [6.45, 7) is 6.56. The second-order valence-corrected chi connectivity index (χ2v) is 4.66. The minimum atomic E-state index is -0.0851. The van der Waals surface area contributed by atoms with Gasteiger partial charge in [0.25, 0.3) is 0 Å². The van der Waals surface area contributed by atoms with Crippen LogP contribution in [0.1, 0.15) is 46.5 Å². The molecule has 0 bridgehead atoms. The monoisotopic (exact) mass is 170 g/mol. The first-order chi connectivity index (χ1) is 5.61. The van der Waals surface area contributed by atoms with Gasteiger partial charge in [-0.05, 0) is 50.4 Å². The quantitative estimate of drug-likeness (QED) is 0.675. The van der Waals surface area contributed by atoms with Crippen molar-refractivity contribution in [3.05, 3.63) is 0 Å². The van der Waals surface area contributed by atoms with Crippen molar-refractivity contribution in [3.63, 3.8) is 0 Å². The molecular formula is C11H22O. The van der Waals surface area contributed by atoms with E-state index in [-0.39, 0.29) is 6.10 Å². The normalized spacial score (nSPS) is 33.8. The van der Waals surface area contributed by atoms with Crippen LogP contribution in [-0.2, 0) is 0 Å². The number of hydrogen-bond donors (Lipinski definition) is 1. The fourth-order valence-electron chi connectivity index (χ4n) is 2.29. The highest BCUT2D eigenvalue weighted by Crippen LogP contribution is 2.34. The van der Waals surface area contributed by atoms with E-state index in [4.69, 9.17) is 0 Å². The lowest BCUT2D eigenvalue weighted by Crippen LogP contribution is -2.25. The van der Waals surface area contributed by atoms with Gasteiger partial charge in [-0.3, -0.25) is 0 Å². The minimum absolute atomic E-state index is 0.0851. The van der Waals surface area contributed by atoms with Crippen molar-refractivity contribution in [2.24, 2.45) is 17.8 Å². The zero-order valence-corrected chi connectivity index (χ0v) is 8.59. The molecule has 0 aromatic carbocycles. The Bertz CT molecular complexity index is 105. The van der Waals surface area contributed by atoms with Crippen molar-refractivity contribution >= 4 is 0 Å². The lowest BCUT2D eigenvalue weighted by molar-refractivity contribution is 0.0810. The van der Waals surface area contributed by atoms with Crippen LogP contribution in [0.25, 0.3) is 0 Å². The lowest BCUT2D eigenvalue weighted by Gasteiger charge is -2.32. The second kappa shape index (κ2) is 4.27. The Labute approximate surface area is 76.2 Å². The average molecular weight is 170 g/mol. The van der Waals surface area contributed by atoms with Crippen molar-refractivity contribution in [3.8, 4) is 0 Å². The van der Waals surface area contributed by atoms with Crippen LogP contribution in [-0.4, -0.2) is 11.2 Å². The van der Waals surface area contributed by atoms with Crippen molar-refractivity contribution in [1.82, 2.24) is 0 Å². The molecule has 0 aromatic heterocycles. The van der Waals surface area contributed by atoms with Crippen LogP contribution < -0.4 is 0 Å². The third kappa shape index (κ3) is 2.48. The number of rotatable bonds is 2. The third-order valence-electron chi connectivity index (χ3n) is 3.44. The molecule has 0 aliphatic heterocycles. The molecule has 1 unspecified atom stereocenters. The molecule has 0 aromatic rings. The molecule has 0 heterocycles. The Kier molecular flexibility index (Phi) is 3.57. The maximum atomic E-state index is 9.40. The zero-order chi connectivity index (χ0) is 9.14. The van der Waals surface area contributed by atoms with E-state index in [2.05, 4.69) is 13.8 Å². The summed E-state index contributed by atoms with van der Waals surface area (Å²) < 4.78 is 0. The van der Waals surface area contributed by atoms with Gasteiger partial charge in [0.05, 0.1) is 6.10 Å². The maximum Gasteiger partial charge on any atom is 0.0540 e. The molecule has 0 spiro atoms. The maximum absolute atomic E-state index is 9.40. The Morgan fingerprint density at radius 1 is 0.917 bits per heavy atom. The summed E-state index contributed by atoms with van der Waals surface area (Å²) in [7, 11) is 0. The largest absolute Gasteiger partial charge is 0.393 e.